The van der Waals surface area contributed by atoms with Gasteiger partial charge in [-0.25, -0.2) is 0 Å². The molecule has 5 rings (SSSR count). The Hall–Kier alpha value is -3.82. The summed E-state index contributed by atoms with van der Waals surface area (Å²) < 4.78 is 0. The van der Waals surface area contributed by atoms with Crippen molar-refractivity contribution in [2.24, 2.45) is 5.73 Å². The molecule has 3 aromatic carbocycles. The Balaban J connectivity index is 0.000000301. The lowest BCUT2D eigenvalue weighted by atomic mass is 9.95. The van der Waals surface area contributed by atoms with Crippen molar-refractivity contribution in [1.82, 2.24) is 10.3 Å². The van der Waals surface area contributed by atoms with Crippen molar-refractivity contribution >= 4 is 35.6 Å². The first-order chi connectivity index (χ1) is 18.1. The number of amides is 2. The molecule has 0 saturated heterocycles. The molecule has 1 saturated carbocycles. The highest BCUT2D eigenvalue weighted by molar-refractivity contribution is 7.80. The molecule has 0 aliphatic heterocycles. The molecule has 0 atom stereocenters. The summed E-state index contributed by atoms with van der Waals surface area (Å²) in [5.74, 6) is -0.419. The summed E-state index contributed by atoms with van der Waals surface area (Å²) in [4.78, 5) is 27.3. The van der Waals surface area contributed by atoms with E-state index in [-0.39, 0.29) is 5.91 Å². The SMILES string of the molecule is NC(=O)c1ccccn1.O=C(NC1CCCCC1)c1ccccc1P(c1ccccc1)c1ccccc1. The zero-order chi connectivity index (χ0) is 25.9. The number of nitrogens with zero attached hydrogens (tertiary/aromatic N) is 1. The molecule has 0 spiro atoms. The van der Waals surface area contributed by atoms with E-state index >= 15 is 0 Å². The van der Waals surface area contributed by atoms with Gasteiger partial charge in [0.2, 0.25) is 0 Å². The van der Waals surface area contributed by atoms with E-state index in [0.717, 1.165) is 23.7 Å². The largest absolute Gasteiger partial charge is 0.364 e. The number of rotatable bonds is 6. The summed E-state index contributed by atoms with van der Waals surface area (Å²) in [6.45, 7) is 0. The number of pyridine rings is 1. The number of hydrogen-bond acceptors (Lipinski definition) is 3. The van der Waals surface area contributed by atoms with Crippen molar-refractivity contribution in [1.29, 1.82) is 0 Å². The van der Waals surface area contributed by atoms with Crippen molar-refractivity contribution in [2.75, 3.05) is 0 Å². The minimum atomic E-state index is -0.783. The fourth-order valence-corrected chi connectivity index (χ4v) is 6.91. The van der Waals surface area contributed by atoms with Crippen LogP contribution in [0.2, 0.25) is 0 Å². The first kappa shape index (κ1) is 26.2. The van der Waals surface area contributed by atoms with Crippen molar-refractivity contribution < 1.29 is 9.59 Å². The zero-order valence-corrected chi connectivity index (χ0v) is 21.7. The number of nitrogens with one attached hydrogen (secondary N) is 1. The minimum absolute atomic E-state index is 0.0712. The number of primary amides is 1. The quantitative estimate of drug-likeness (QED) is 0.370. The summed E-state index contributed by atoms with van der Waals surface area (Å²) in [7, 11) is -0.783. The smallest absolute Gasteiger partial charge is 0.267 e. The molecule has 0 unspecified atom stereocenters. The topological polar surface area (TPSA) is 85.1 Å². The summed E-state index contributed by atoms with van der Waals surface area (Å²) in [6.07, 6.45) is 7.44. The van der Waals surface area contributed by atoms with Crippen LogP contribution in [0, 0.1) is 0 Å². The fraction of sp³-hybridized carbons (Fsp3) is 0.194. The van der Waals surface area contributed by atoms with Gasteiger partial charge in [0.25, 0.3) is 11.8 Å². The third-order valence-electron chi connectivity index (χ3n) is 6.28. The van der Waals surface area contributed by atoms with E-state index in [0.29, 0.717) is 11.7 Å². The van der Waals surface area contributed by atoms with Gasteiger partial charge in [0.05, 0.1) is 0 Å². The Morgan fingerprint density at radius 3 is 1.84 bits per heavy atom. The van der Waals surface area contributed by atoms with Crippen LogP contribution >= 0.6 is 7.92 Å². The average molecular weight is 510 g/mol. The Morgan fingerprint density at radius 2 is 1.30 bits per heavy atom. The molecule has 4 aromatic rings. The number of aromatic nitrogens is 1. The monoisotopic (exact) mass is 509 g/mol. The Bertz CT molecular complexity index is 1240. The minimum Gasteiger partial charge on any atom is -0.364 e. The average Bonchev–Trinajstić information content (AvgIpc) is 2.96. The third-order valence-corrected chi connectivity index (χ3v) is 8.78. The van der Waals surface area contributed by atoms with Crippen LogP contribution in [0.4, 0.5) is 0 Å². The number of nitrogens with two attached hydrogens (primary N) is 1. The maximum absolute atomic E-state index is 13.2. The molecular formula is C31H32N3O2P. The van der Waals surface area contributed by atoms with E-state index in [1.54, 1.807) is 18.2 Å². The highest BCUT2D eigenvalue weighted by atomic mass is 31.1. The van der Waals surface area contributed by atoms with Crippen LogP contribution < -0.4 is 27.0 Å². The Morgan fingerprint density at radius 1 is 0.730 bits per heavy atom. The van der Waals surface area contributed by atoms with Crippen LogP contribution in [0.1, 0.15) is 53.0 Å². The maximum atomic E-state index is 13.2. The number of hydrogen-bond donors (Lipinski definition) is 2. The molecule has 0 bridgehead atoms. The van der Waals surface area contributed by atoms with E-state index in [1.807, 2.05) is 30.3 Å². The first-order valence-corrected chi connectivity index (χ1v) is 14.0. The third kappa shape index (κ3) is 7.34. The molecule has 3 N–H and O–H groups in total. The molecule has 1 heterocycles. The molecule has 1 aliphatic carbocycles. The molecule has 1 fully saturated rings. The summed E-state index contributed by atoms with van der Waals surface area (Å²) in [5, 5.41) is 6.96. The molecule has 0 radical (unpaired) electrons. The molecule has 1 aliphatic rings. The summed E-state index contributed by atoms with van der Waals surface area (Å²) in [6, 6.07) is 34.6. The molecule has 1 aromatic heterocycles. The van der Waals surface area contributed by atoms with Gasteiger partial charge in [0.15, 0.2) is 0 Å². The van der Waals surface area contributed by atoms with Gasteiger partial charge in [0.1, 0.15) is 5.69 Å². The number of benzene rings is 3. The Kier molecular flexibility index (Phi) is 9.56. The van der Waals surface area contributed by atoms with Gasteiger partial charge in [-0.2, -0.15) is 0 Å². The van der Waals surface area contributed by atoms with Gasteiger partial charge >= 0.3 is 0 Å². The summed E-state index contributed by atoms with van der Waals surface area (Å²) >= 11 is 0. The zero-order valence-electron chi connectivity index (χ0n) is 20.8. The second kappa shape index (κ2) is 13.5. The predicted molar refractivity (Wildman–Crippen MR) is 152 cm³/mol. The lowest BCUT2D eigenvalue weighted by molar-refractivity contribution is 0.0928. The number of carbonyl (C=O) groups is 2. The van der Waals surface area contributed by atoms with Gasteiger partial charge in [-0.15, -0.1) is 0 Å². The second-order valence-corrected chi connectivity index (χ2v) is 11.1. The van der Waals surface area contributed by atoms with Gasteiger partial charge in [-0.05, 0) is 54.9 Å². The lowest BCUT2D eigenvalue weighted by Crippen LogP contribution is -2.38. The van der Waals surface area contributed by atoms with Crippen LogP contribution in [-0.4, -0.2) is 22.8 Å². The Labute approximate surface area is 219 Å². The van der Waals surface area contributed by atoms with Crippen LogP contribution in [-0.2, 0) is 0 Å². The van der Waals surface area contributed by atoms with Crippen LogP contribution in [0.15, 0.2) is 109 Å². The predicted octanol–water partition coefficient (Wildman–Crippen LogP) is 4.69. The summed E-state index contributed by atoms with van der Waals surface area (Å²) in [5.41, 5.74) is 6.03. The van der Waals surface area contributed by atoms with E-state index in [9.17, 15) is 9.59 Å². The molecule has 5 nitrogen and oxygen atoms in total. The van der Waals surface area contributed by atoms with Gasteiger partial charge in [-0.3, -0.25) is 14.6 Å². The van der Waals surface area contributed by atoms with E-state index in [1.165, 1.54) is 36.1 Å². The molecule has 2 amide bonds. The van der Waals surface area contributed by atoms with Crippen LogP contribution in [0.5, 0.6) is 0 Å². The van der Waals surface area contributed by atoms with E-state index < -0.39 is 13.8 Å². The molecule has 37 heavy (non-hydrogen) atoms. The highest BCUT2D eigenvalue weighted by Gasteiger charge is 2.24. The molecule has 188 valence electrons. The first-order valence-electron chi connectivity index (χ1n) is 12.6. The van der Waals surface area contributed by atoms with Crippen LogP contribution in [0.25, 0.3) is 0 Å². The van der Waals surface area contributed by atoms with Crippen LogP contribution in [0.3, 0.4) is 0 Å². The fourth-order valence-electron chi connectivity index (χ4n) is 4.46. The normalized spacial score (nSPS) is 13.3. The van der Waals surface area contributed by atoms with Gasteiger partial charge < -0.3 is 11.1 Å². The standard InChI is InChI=1S/C25H26NOP.C6H6N2O/c27-25(26-20-12-4-1-5-13-20)23-18-10-11-19-24(23)28(21-14-6-2-7-15-21)22-16-8-3-9-17-22;7-6(9)5-3-1-2-4-8-5/h2-3,6-11,14-20H,1,4-5,12-13H2,(H,26,27);1-4H,(H2,7,9). The van der Waals surface area contributed by atoms with Gasteiger partial charge in [-0.1, -0.05) is 104 Å². The van der Waals surface area contributed by atoms with E-state index in [2.05, 4.69) is 64.9 Å². The van der Waals surface area contributed by atoms with Crippen molar-refractivity contribution in [3.63, 3.8) is 0 Å². The van der Waals surface area contributed by atoms with Crippen molar-refractivity contribution in [2.45, 2.75) is 38.1 Å². The van der Waals surface area contributed by atoms with E-state index in [4.69, 9.17) is 5.73 Å². The lowest BCUT2D eigenvalue weighted by Gasteiger charge is -2.25. The van der Waals surface area contributed by atoms with Crippen molar-refractivity contribution in [3.05, 3.63) is 121 Å². The second-order valence-electron chi connectivity index (χ2n) is 8.91. The number of carbonyl (C=O) groups excluding carboxylic acids is 2. The molecular weight excluding hydrogens is 477 g/mol. The highest BCUT2D eigenvalue weighted by Crippen LogP contribution is 2.34. The maximum Gasteiger partial charge on any atom is 0.267 e. The van der Waals surface area contributed by atoms with Gasteiger partial charge in [0, 0.05) is 17.8 Å². The van der Waals surface area contributed by atoms with Crippen molar-refractivity contribution in [3.8, 4) is 0 Å². The molecule has 6 heteroatoms.